The van der Waals surface area contributed by atoms with Crippen LogP contribution in [0.15, 0.2) is 71.5 Å². The van der Waals surface area contributed by atoms with E-state index in [2.05, 4.69) is 4.98 Å². The van der Waals surface area contributed by atoms with E-state index in [1.54, 1.807) is 43.8 Å². The molecule has 0 aliphatic heterocycles. The minimum atomic E-state index is -1.28. The number of hydrogen-bond acceptors (Lipinski definition) is 5. The minimum Gasteiger partial charge on any atom is -0.481 e. The van der Waals surface area contributed by atoms with Crippen LogP contribution >= 0.6 is 0 Å². The van der Waals surface area contributed by atoms with Crippen LogP contribution in [0.4, 0.5) is 4.39 Å². The highest BCUT2D eigenvalue weighted by atomic mass is 19.1. The summed E-state index contributed by atoms with van der Waals surface area (Å²) in [4.78, 5) is 4.34. The van der Waals surface area contributed by atoms with Crippen LogP contribution in [0.25, 0.3) is 33.0 Å². The summed E-state index contributed by atoms with van der Waals surface area (Å²) >= 11 is 0. The molecule has 7 heteroatoms. The molecule has 0 bridgehead atoms. The lowest BCUT2D eigenvalue weighted by molar-refractivity contribution is -0.0811. The molecule has 6 nitrogen and oxygen atoms in total. The van der Waals surface area contributed by atoms with Gasteiger partial charge in [0.15, 0.2) is 6.29 Å². The predicted octanol–water partition coefficient (Wildman–Crippen LogP) is 5.28. The van der Waals surface area contributed by atoms with Gasteiger partial charge in [-0.1, -0.05) is 18.2 Å². The largest absolute Gasteiger partial charge is 0.481 e. The Balaban J connectivity index is 1.92. The van der Waals surface area contributed by atoms with E-state index in [1.165, 1.54) is 13.2 Å². The summed E-state index contributed by atoms with van der Waals surface area (Å²) in [7, 11) is 2.96. The van der Waals surface area contributed by atoms with Gasteiger partial charge in [0.1, 0.15) is 11.4 Å². The first-order chi connectivity index (χ1) is 15.6. The Bertz CT molecular complexity index is 1420. The zero-order chi connectivity index (χ0) is 22.2. The summed E-state index contributed by atoms with van der Waals surface area (Å²) in [6.07, 6.45) is 1.98. The standard InChI is InChI=1S/C25H21FN2O4/c1-30-24-17(7-5-12-27-24)20-21-19(10-9-15-11-13-32-23(15)21)28(22(20)25(29)31-2)14-16-6-3-4-8-18(16)26/h3-13,25,29H,14H2,1-2H3. The highest BCUT2D eigenvalue weighted by Crippen LogP contribution is 2.44. The molecule has 5 rings (SSSR count). The Morgan fingerprint density at radius 2 is 1.94 bits per heavy atom. The van der Waals surface area contributed by atoms with Gasteiger partial charge in [0, 0.05) is 35.4 Å². The maximum atomic E-state index is 14.6. The van der Waals surface area contributed by atoms with Gasteiger partial charge < -0.3 is 23.6 Å². The smallest absolute Gasteiger partial charge is 0.221 e. The Kier molecular flexibility index (Phi) is 5.13. The van der Waals surface area contributed by atoms with Crippen LogP contribution in [-0.2, 0) is 11.3 Å². The third-order valence-electron chi connectivity index (χ3n) is 5.66. The molecule has 3 heterocycles. The van der Waals surface area contributed by atoms with Crippen molar-refractivity contribution >= 4 is 21.9 Å². The molecule has 0 saturated heterocycles. The zero-order valence-corrected chi connectivity index (χ0v) is 17.6. The van der Waals surface area contributed by atoms with Gasteiger partial charge in [0.2, 0.25) is 5.88 Å². The summed E-state index contributed by atoms with van der Waals surface area (Å²) in [6.45, 7) is 0.188. The second-order valence-corrected chi connectivity index (χ2v) is 7.38. The molecule has 1 atom stereocenters. The summed E-state index contributed by atoms with van der Waals surface area (Å²) in [5.74, 6) is 0.0670. The number of methoxy groups -OCH3 is 2. The Labute approximate surface area is 183 Å². The second kappa shape index (κ2) is 8.11. The highest BCUT2D eigenvalue weighted by Gasteiger charge is 2.28. The van der Waals surface area contributed by atoms with E-state index >= 15 is 0 Å². The van der Waals surface area contributed by atoms with Gasteiger partial charge in [0.25, 0.3) is 0 Å². The molecule has 162 valence electrons. The second-order valence-electron chi connectivity index (χ2n) is 7.38. The molecule has 1 N–H and O–H groups in total. The van der Waals surface area contributed by atoms with Gasteiger partial charge in [-0.05, 0) is 36.4 Å². The molecule has 0 aliphatic carbocycles. The maximum absolute atomic E-state index is 14.6. The quantitative estimate of drug-likeness (QED) is 0.370. The molecule has 2 aromatic carbocycles. The van der Waals surface area contributed by atoms with Crippen LogP contribution in [-0.4, -0.2) is 28.9 Å². The molecule has 3 aromatic heterocycles. The molecule has 0 amide bonds. The lowest BCUT2D eigenvalue weighted by Gasteiger charge is -2.17. The fourth-order valence-electron chi connectivity index (χ4n) is 4.23. The average molecular weight is 432 g/mol. The fraction of sp³-hybridized carbons (Fsp3) is 0.160. The van der Waals surface area contributed by atoms with Gasteiger partial charge in [-0.25, -0.2) is 9.37 Å². The minimum absolute atomic E-state index is 0.188. The topological polar surface area (TPSA) is 69.7 Å². The van der Waals surface area contributed by atoms with E-state index < -0.39 is 6.29 Å². The molecule has 0 spiro atoms. The monoisotopic (exact) mass is 432 g/mol. The van der Waals surface area contributed by atoms with Gasteiger partial charge in [-0.15, -0.1) is 0 Å². The van der Waals surface area contributed by atoms with Crippen LogP contribution < -0.4 is 4.74 Å². The summed E-state index contributed by atoms with van der Waals surface area (Å²) in [5, 5.41) is 12.6. The van der Waals surface area contributed by atoms with Gasteiger partial charge >= 0.3 is 0 Å². The predicted molar refractivity (Wildman–Crippen MR) is 119 cm³/mol. The van der Waals surface area contributed by atoms with Crippen LogP contribution in [0, 0.1) is 5.82 Å². The summed E-state index contributed by atoms with van der Waals surface area (Å²) < 4.78 is 33.2. The maximum Gasteiger partial charge on any atom is 0.221 e. The average Bonchev–Trinajstić information content (AvgIpc) is 3.42. The number of fused-ring (bicyclic) bond motifs is 3. The van der Waals surface area contributed by atoms with Crippen molar-refractivity contribution in [2.45, 2.75) is 12.8 Å². The van der Waals surface area contributed by atoms with Crippen molar-refractivity contribution in [1.82, 2.24) is 9.55 Å². The number of benzene rings is 2. The number of aromatic nitrogens is 2. The van der Waals surface area contributed by atoms with E-state index in [0.29, 0.717) is 33.8 Å². The molecule has 1 unspecified atom stereocenters. The van der Waals surface area contributed by atoms with Crippen LogP contribution in [0.5, 0.6) is 5.88 Å². The number of ether oxygens (including phenoxy) is 2. The normalized spacial score (nSPS) is 12.5. The zero-order valence-electron chi connectivity index (χ0n) is 17.6. The Hall–Kier alpha value is -3.68. The third kappa shape index (κ3) is 3.14. The van der Waals surface area contributed by atoms with E-state index in [-0.39, 0.29) is 12.4 Å². The number of nitrogens with zero attached hydrogens (tertiary/aromatic N) is 2. The Morgan fingerprint density at radius 1 is 1.09 bits per heavy atom. The number of hydrogen-bond donors (Lipinski definition) is 1. The molecular weight excluding hydrogens is 411 g/mol. The van der Waals surface area contributed by atoms with Crippen molar-refractivity contribution < 1.29 is 23.4 Å². The molecule has 0 radical (unpaired) electrons. The first-order valence-electron chi connectivity index (χ1n) is 10.1. The molecule has 0 saturated carbocycles. The Morgan fingerprint density at radius 3 is 2.72 bits per heavy atom. The number of furan rings is 1. The van der Waals surface area contributed by atoms with E-state index in [4.69, 9.17) is 13.9 Å². The molecule has 32 heavy (non-hydrogen) atoms. The summed E-state index contributed by atoms with van der Waals surface area (Å²) in [6, 6.07) is 16.0. The van der Waals surface area contributed by atoms with E-state index in [0.717, 1.165) is 16.3 Å². The number of aliphatic hydroxyl groups is 1. The summed E-state index contributed by atoms with van der Waals surface area (Å²) in [5.41, 5.74) is 3.69. The lowest BCUT2D eigenvalue weighted by atomic mass is 10.0. The number of pyridine rings is 1. The van der Waals surface area contributed by atoms with Crippen molar-refractivity contribution in [2.24, 2.45) is 0 Å². The molecule has 5 aromatic rings. The molecular formula is C25H21FN2O4. The third-order valence-corrected chi connectivity index (χ3v) is 5.66. The van der Waals surface area contributed by atoms with Crippen molar-refractivity contribution in [2.75, 3.05) is 14.2 Å². The number of rotatable bonds is 6. The lowest BCUT2D eigenvalue weighted by Crippen LogP contribution is -2.12. The number of aliphatic hydroxyl groups excluding tert-OH is 1. The van der Waals surface area contributed by atoms with E-state index in [1.807, 2.05) is 28.8 Å². The van der Waals surface area contributed by atoms with Gasteiger partial charge in [-0.3, -0.25) is 0 Å². The number of halogens is 1. The first-order valence-corrected chi connectivity index (χ1v) is 10.1. The van der Waals surface area contributed by atoms with Crippen molar-refractivity contribution in [3.8, 4) is 17.0 Å². The van der Waals surface area contributed by atoms with Crippen LogP contribution in [0.2, 0.25) is 0 Å². The van der Waals surface area contributed by atoms with Crippen molar-refractivity contribution in [3.05, 3.63) is 84.1 Å². The van der Waals surface area contributed by atoms with Crippen molar-refractivity contribution in [1.29, 1.82) is 0 Å². The molecule has 0 aliphatic rings. The van der Waals surface area contributed by atoms with E-state index in [9.17, 15) is 9.50 Å². The molecule has 0 fully saturated rings. The SMILES string of the molecule is COc1ncccc1-c1c(C(O)OC)n(Cc2ccccc2F)c2ccc3ccoc3c12. The fourth-order valence-corrected chi connectivity index (χ4v) is 4.23. The van der Waals surface area contributed by atoms with Crippen molar-refractivity contribution in [3.63, 3.8) is 0 Å². The van der Waals surface area contributed by atoms with Crippen LogP contribution in [0.3, 0.4) is 0 Å². The van der Waals surface area contributed by atoms with Gasteiger partial charge in [-0.2, -0.15) is 0 Å². The highest BCUT2D eigenvalue weighted by molar-refractivity contribution is 6.13. The van der Waals surface area contributed by atoms with Crippen LogP contribution in [0.1, 0.15) is 17.5 Å². The van der Waals surface area contributed by atoms with Gasteiger partial charge in [0.05, 0.1) is 36.5 Å². The first kappa shape index (κ1) is 20.2.